The number of aromatic nitrogens is 4. The number of nitrogens with one attached hydrogen (secondary N) is 1. The van der Waals surface area contributed by atoms with Gasteiger partial charge in [-0.15, -0.1) is 0 Å². The third-order valence-corrected chi connectivity index (χ3v) is 4.69. The van der Waals surface area contributed by atoms with Crippen LogP contribution in [0.5, 0.6) is 5.88 Å². The standard InChI is InChI=1S/C20H22N6O2/c1-25-11-5-17(6-12-25)28-19-13-15(3-8-22-19)24-20(27)18-14-16(4-9-21-18)26-10-2-7-23-26/h2-4,7-10,13-14,17H,5-6,11-12H2,1H3,(H,22,24,27). The van der Waals surface area contributed by atoms with Gasteiger partial charge in [0.15, 0.2) is 0 Å². The lowest BCUT2D eigenvalue weighted by atomic mass is 10.1. The van der Waals surface area contributed by atoms with E-state index < -0.39 is 0 Å². The molecule has 144 valence electrons. The van der Waals surface area contributed by atoms with Crippen LogP contribution in [0.2, 0.25) is 0 Å². The first-order chi connectivity index (χ1) is 13.7. The molecule has 1 fully saturated rings. The van der Waals surface area contributed by atoms with E-state index in [2.05, 4.69) is 32.3 Å². The molecule has 0 aromatic carbocycles. The van der Waals surface area contributed by atoms with E-state index in [-0.39, 0.29) is 12.0 Å². The molecule has 0 radical (unpaired) electrons. The van der Waals surface area contributed by atoms with Crippen molar-refractivity contribution in [3.05, 3.63) is 60.8 Å². The average Bonchev–Trinajstić information content (AvgIpc) is 3.25. The summed E-state index contributed by atoms with van der Waals surface area (Å²) in [6.07, 6.45) is 8.82. The molecule has 8 nitrogen and oxygen atoms in total. The third-order valence-electron chi connectivity index (χ3n) is 4.69. The van der Waals surface area contributed by atoms with Crippen LogP contribution in [0.3, 0.4) is 0 Å². The molecule has 1 amide bonds. The SMILES string of the molecule is CN1CCC(Oc2cc(NC(=O)c3cc(-n4cccn4)ccn3)ccn2)CC1. The number of pyridine rings is 2. The molecule has 0 saturated carbocycles. The number of piperidine rings is 1. The normalized spacial score (nSPS) is 15.3. The number of rotatable bonds is 5. The highest BCUT2D eigenvalue weighted by atomic mass is 16.5. The van der Waals surface area contributed by atoms with Crippen molar-refractivity contribution in [3.8, 4) is 11.6 Å². The first-order valence-electron chi connectivity index (χ1n) is 9.26. The fraction of sp³-hybridized carbons (Fsp3) is 0.300. The van der Waals surface area contributed by atoms with E-state index in [1.54, 1.807) is 47.5 Å². The summed E-state index contributed by atoms with van der Waals surface area (Å²) < 4.78 is 7.66. The van der Waals surface area contributed by atoms with Gasteiger partial charge in [0.25, 0.3) is 5.91 Å². The molecule has 1 aliphatic rings. The Morgan fingerprint density at radius 2 is 1.96 bits per heavy atom. The minimum absolute atomic E-state index is 0.155. The van der Waals surface area contributed by atoms with Gasteiger partial charge < -0.3 is 15.0 Å². The molecule has 0 spiro atoms. The first-order valence-corrected chi connectivity index (χ1v) is 9.26. The molecule has 0 unspecified atom stereocenters. The van der Waals surface area contributed by atoms with E-state index in [4.69, 9.17) is 4.74 Å². The quantitative estimate of drug-likeness (QED) is 0.734. The molecule has 8 heteroatoms. The van der Waals surface area contributed by atoms with Crippen LogP contribution in [0.4, 0.5) is 5.69 Å². The van der Waals surface area contributed by atoms with Gasteiger partial charge in [0.1, 0.15) is 11.8 Å². The molecule has 0 aliphatic carbocycles. The summed E-state index contributed by atoms with van der Waals surface area (Å²) in [6.45, 7) is 2.03. The molecular weight excluding hydrogens is 356 g/mol. The van der Waals surface area contributed by atoms with Crippen LogP contribution in [0, 0.1) is 0 Å². The Hall–Kier alpha value is -3.26. The van der Waals surface area contributed by atoms with Gasteiger partial charge in [0.05, 0.1) is 5.69 Å². The number of carbonyl (C=O) groups is 1. The molecule has 4 rings (SSSR count). The van der Waals surface area contributed by atoms with Crippen molar-refractivity contribution < 1.29 is 9.53 Å². The largest absolute Gasteiger partial charge is 0.474 e. The van der Waals surface area contributed by atoms with Crippen molar-refractivity contribution in [2.24, 2.45) is 0 Å². The van der Waals surface area contributed by atoms with Gasteiger partial charge >= 0.3 is 0 Å². The van der Waals surface area contributed by atoms with Crippen LogP contribution >= 0.6 is 0 Å². The van der Waals surface area contributed by atoms with Crippen molar-refractivity contribution >= 4 is 11.6 Å². The fourth-order valence-electron chi connectivity index (χ4n) is 3.13. The van der Waals surface area contributed by atoms with Crippen molar-refractivity contribution in [1.82, 2.24) is 24.6 Å². The highest BCUT2D eigenvalue weighted by Gasteiger charge is 2.18. The van der Waals surface area contributed by atoms with Crippen LogP contribution in [-0.4, -0.2) is 56.8 Å². The highest BCUT2D eigenvalue weighted by Crippen LogP contribution is 2.20. The minimum atomic E-state index is -0.301. The second-order valence-corrected chi connectivity index (χ2v) is 6.81. The van der Waals surface area contributed by atoms with E-state index in [0.717, 1.165) is 31.6 Å². The maximum atomic E-state index is 12.6. The van der Waals surface area contributed by atoms with Gasteiger partial charge in [-0.25, -0.2) is 9.67 Å². The van der Waals surface area contributed by atoms with Crippen LogP contribution < -0.4 is 10.1 Å². The van der Waals surface area contributed by atoms with Gasteiger partial charge in [-0.2, -0.15) is 5.10 Å². The van der Waals surface area contributed by atoms with E-state index in [0.29, 0.717) is 17.3 Å². The maximum Gasteiger partial charge on any atom is 0.274 e. The van der Waals surface area contributed by atoms with Crippen molar-refractivity contribution in [1.29, 1.82) is 0 Å². The van der Waals surface area contributed by atoms with Crippen LogP contribution in [0.1, 0.15) is 23.3 Å². The minimum Gasteiger partial charge on any atom is -0.474 e. The molecule has 1 saturated heterocycles. The van der Waals surface area contributed by atoms with Crippen LogP contribution in [0.25, 0.3) is 5.69 Å². The highest BCUT2D eigenvalue weighted by molar-refractivity contribution is 6.03. The molecule has 3 aromatic rings. The van der Waals surface area contributed by atoms with Gasteiger partial charge in [0, 0.05) is 49.6 Å². The van der Waals surface area contributed by atoms with Crippen LogP contribution in [-0.2, 0) is 0 Å². The Balaban J connectivity index is 1.43. The molecule has 1 N–H and O–H groups in total. The van der Waals surface area contributed by atoms with Crippen LogP contribution in [0.15, 0.2) is 55.1 Å². The lowest BCUT2D eigenvalue weighted by molar-refractivity contribution is 0.102. The molecule has 0 atom stereocenters. The zero-order valence-corrected chi connectivity index (χ0v) is 15.7. The summed E-state index contributed by atoms with van der Waals surface area (Å²) in [5, 5.41) is 7.03. The zero-order valence-electron chi connectivity index (χ0n) is 15.7. The van der Waals surface area contributed by atoms with E-state index in [1.165, 1.54) is 0 Å². The van der Waals surface area contributed by atoms with E-state index in [9.17, 15) is 4.79 Å². The monoisotopic (exact) mass is 378 g/mol. The number of ether oxygens (including phenoxy) is 1. The topological polar surface area (TPSA) is 85.2 Å². The fourth-order valence-corrected chi connectivity index (χ4v) is 3.13. The molecule has 0 bridgehead atoms. The molecule has 4 heterocycles. The van der Waals surface area contributed by atoms with Gasteiger partial charge in [0.2, 0.25) is 5.88 Å². The second-order valence-electron chi connectivity index (χ2n) is 6.81. The molecule has 3 aromatic heterocycles. The van der Waals surface area contributed by atoms with Gasteiger partial charge in [-0.05, 0) is 44.2 Å². The summed E-state index contributed by atoms with van der Waals surface area (Å²) in [6, 6.07) is 8.79. The predicted molar refractivity (Wildman–Crippen MR) is 105 cm³/mol. The zero-order chi connectivity index (χ0) is 19.3. The summed E-state index contributed by atoms with van der Waals surface area (Å²) in [5.41, 5.74) is 1.70. The Morgan fingerprint density at radius 3 is 2.75 bits per heavy atom. The number of amides is 1. The van der Waals surface area contributed by atoms with Gasteiger partial charge in [-0.3, -0.25) is 9.78 Å². The summed E-state index contributed by atoms with van der Waals surface area (Å²) >= 11 is 0. The Kier molecular flexibility index (Phi) is 5.29. The van der Waals surface area contributed by atoms with E-state index in [1.807, 2.05) is 12.3 Å². The first kappa shape index (κ1) is 18.1. The Morgan fingerprint density at radius 1 is 1.14 bits per heavy atom. The number of anilines is 1. The Labute approximate surface area is 163 Å². The van der Waals surface area contributed by atoms with E-state index >= 15 is 0 Å². The van der Waals surface area contributed by atoms with Gasteiger partial charge in [-0.1, -0.05) is 0 Å². The number of hydrogen-bond acceptors (Lipinski definition) is 6. The lowest BCUT2D eigenvalue weighted by Gasteiger charge is -2.28. The average molecular weight is 378 g/mol. The second kappa shape index (κ2) is 8.18. The lowest BCUT2D eigenvalue weighted by Crippen LogP contribution is -2.35. The summed E-state index contributed by atoms with van der Waals surface area (Å²) in [4.78, 5) is 23.3. The Bertz CT molecular complexity index is 935. The molecule has 1 aliphatic heterocycles. The van der Waals surface area contributed by atoms with Crippen molar-refractivity contribution in [2.45, 2.75) is 18.9 Å². The van der Waals surface area contributed by atoms with Crippen molar-refractivity contribution in [3.63, 3.8) is 0 Å². The number of hydrogen-bond donors (Lipinski definition) is 1. The summed E-state index contributed by atoms with van der Waals surface area (Å²) in [5.74, 6) is 0.219. The maximum absolute atomic E-state index is 12.6. The molecular formula is C20H22N6O2. The smallest absolute Gasteiger partial charge is 0.274 e. The molecule has 28 heavy (non-hydrogen) atoms. The third kappa shape index (κ3) is 4.34. The number of likely N-dealkylation sites (tertiary alicyclic amines) is 1. The number of carbonyl (C=O) groups excluding carboxylic acids is 1. The number of nitrogens with zero attached hydrogens (tertiary/aromatic N) is 5. The predicted octanol–water partition coefficient (Wildman–Crippen LogP) is 2.39. The van der Waals surface area contributed by atoms with Crippen molar-refractivity contribution in [2.75, 3.05) is 25.5 Å². The summed E-state index contributed by atoms with van der Waals surface area (Å²) in [7, 11) is 2.11.